The van der Waals surface area contributed by atoms with Gasteiger partial charge in [0.1, 0.15) is 4.88 Å². The Labute approximate surface area is 115 Å². The van der Waals surface area contributed by atoms with Crippen LogP contribution in [0.4, 0.5) is 0 Å². The Morgan fingerprint density at radius 1 is 1.16 bits per heavy atom. The van der Waals surface area contributed by atoms with Gasteiger partial charge in [-0.1, -0.05) is 35.5 Å². The predicted molar refractivity (Wildman–Crippen MR) is 74.0 cm³/mol. The zero-order valence-corrected chi connectivity index (χ0v) is 11.4. The van der Waals surface area contributed by atoms with Gasteiger partial charge in [-0.15, -0.1) is 11.3 Å². The summed E-state index contributed by atoms with van der Waals surface area (Å²) in [4.78, 5) is 9.51. The Morgan fingerprint density at radius 2 is 2.00 bits per heavy atom. The minimum atomic E-state index is 0.564. The highest BCUT2D eigenvalue weighted by Crippen LogP contribution is 2.23. The van der Waals surface area contributed by atoms with Crippen LogP contribution in [-0.2, 0) is 12.8 Å². The predicted octanol–water partition coefficient (Wildman–Crippen LogP) is 3.29. The third kappa shape index (κ3) is 2.88. The number of thiazole rings is 1. The van der Waals surface area contributed by atoms with E-state index in [1.807, 2.05) is 25.1 Å². The Bertz CT molecular complexity index is 660. The van der Waals surface area contributed by atoms with Gasteiger partial charge in [0.25, 0.3) is 5.89 Å². The minimum absolute atomic E-state index is 0.564. The van der Waals surface area contributed by atoms with Crippen molar-refractivity contribution in [1.29, 1.82) is 0 Å². The fourth-order valence-corrected chi connectivity index (χ4v) is 2.52. The highest BCUT2D eigenvalue weighted by Gasteiger charge is 2.11. The van der Waals surface area contributed by atoms with Gasteiger partial charge in [0.15, 0.2) is 5.82 Å². The summed E-state index contributed by atoms with van der Waals surface area (Å²) in [6, 6.07) is 10.3. The Balaban J connectivity index is 1.68. The van der Waals surface area contributed by atoms with E-state index in [4.69, 9.17) is 4.52 Å². The van der Waals surface area contributed by atoms with Crippen molar-refractivity contribution in [1.82, 2.24) is 15.1 Å². The first kappa shape index (κ1) is 12.0. The van der Waals surface area contributed by atoms with Crippen LogP contribution in [0.1, 0.15) is 16.4 Å². The van der Waals surface area contributed by atoms with E-state index in [0.29, 0.717) is 5.89 Å². The molecule has 0 radical (unpaired) electrons. The molecule has 4 nitrogen and oxygen atoms in total. The normalized spacial score (nSPS) is 10.8. The molecule has 96 valence electrons. The lowest BCUT2D eigenvalue weighted by molar-refractivity contribution is 0.423. The van der Waals surface area contributed by atoms with Crippen LogP contribution in [0.3, 0.4) is 0 Å². The lowest BCUT2D eigenvalue weighted by atomic mass is 10.1. The molecule has 0 atom stereocenters. The zero-order valence-electron chi connectivity index (χ0n) is 10.5. The molecule has 19 heavy (non-hydrogen) atoms. The maximum atomic E-state index is 5.26. The standard InChI is InChI=1S/C14H13N3OS/c1-10-15-9-12(19-10)14-16-13(17-18-14)8-7-11-5-3-2-4-6-11/h2-6,9H,7-8H2,1H3. The molecule has 0 fully saturated rings. The lowest BCUT2D eigenvalue weighted by Crippen LogP contribution is -1.93. The van der Waals surface area contributed by atoms with E-state index in [1.165, 1.54) is 5.56 Å². The number of nitrogens with zero attached hydrogens (tertiary/aromatic N) is 3. The number of aromatic nitrogens is 3. The van der Waals surface area contributed by atoms with Crippen molar-refractivity contribution >= 4 is 11.3 Å². The lowest BCUT2D eigenvalue weighted by Gasteiger charge is -1.96. The molecule has 0 aliphatic heterocycles. The molecule has 0 amide bonds. The van der Waals surface area contributed by atoms with E-state index in [9.17, 15) is 0 Å². The second kappa shape index (κ2) is 5.32. The molecule has 2 aromatic heterocycles. The molecule has 5 heteroatoms. The molecule has 0 saturated heterocycles. The third-order valence-corrected chi connectivity index (χ3v) is 3.68. The van der Waals surface area contributed by atoms with E-state index in [1.54, 1.807) is 17.5 Å². The van der Waals surface area contributed by atoms with E-state index in [0.717, 1.165) is 28.6 Å². The second-order valence-corrected chi connectivity index (χ2v) is 5.48. The van der Waals surface area contributed by atoms with Crippen molar-refractivity contribution in [2.75, 3.05) is 0 Å². The highest BCUT2D eigenvalue weighted by atomic mass is 32.1. The molecular formula is C14H13N3OS. The molecule has 0 spiro atoms. The molecule has 0 N–H and O–H groups in total. The van der Waals surface area contributed by atoms with Gasteiger partial charge in [0.2, 0.25) is 0 Å². The topological polar surface area (TPSA) is 51.8 Å². The zero-order chi connectivity index (χ0) is 13.1. The smallest absolute Gasteiger partial charge is 0.269 e. The molecule has 0 aliphatic rings. The molecule has 0 saturated carbocycles. The van der Waals surface area contributed by atoms with Gasteiger partial charge < -0.3 is 4.52 Å². The van der Waals surface area contributed by atoms with Crippen LogP contribution < -0.4 is 0 Å². The van der Waals surface area contributed by atoms with Crippen LogP contribution in [0.15, 0.2) is 41.1 Å². The average Bonchev–Trinajstić information content (AvgIpc) is 3.06. The summed E-state index contributed by atoms with van der Waals surface area (Å²) in [7, 11) is 0. The quantitative estimate of drug-likeness (QED) is 0.730. The van der Waals surface area contributed by atoms with E-state index >= 15 is 0 Å². The SMILES string of the molecule is Cc1ncc(-c2nc(CCc3ccccc3)no2)s1. The molecular weight excluding hydrogens is 258 g/mol. The van der Waals surface area contributed by atoms with Gasteiger partial charge >= 0.3 is 0 Å². The summed E-state index contributed by atoms with van der Waals surface area (Å²) in [5.74, 6) is 1.30. The molecule has 0 aliphatic carbocycles. The van der Waals surface area contributed by atoms with Gasteiger partial charge in [-0.05, 0) is 18.9 Å². The van der Waals surface area contributed by atoms with Gasteiger partial charge in [0, 0.05) is 6.42 Å². The van der Waals surface area contributed by atoms with Crippen LogP contribution in [0.2, 0.25) is 0 Å². The summed E-state index contributed by atoms with van der Waals surface area (Å²) in [5, 5.41) is 5.01. The van der Waals surface area contributed by atoms with Crippen LogP contribution in [0, 0.1) is 6.92 Å². The van der Waals surface area contributed by atoms with Crippen molar-refractivity contribution in [3.63, 3.8) is 0 Å². The van der Waals surface area contributed by atoms with Crippen molar-refractivity contribution < 1.29 is 4.52 Å². The molecule has 3 rings (SSSR count). The summed E-state index contributed by atoms with van der Waals surface area (Å²) in [5.41, 5.74) is 1.28. The number of benzene rings is 1. The van der Waals surface area contributed by atoms with Crippen molar-refractivity contribution in [2.45, 2.75) is 19.8 Å². The van der Waals surface area contributed by atoms with Crippen molar-refractivity contribution in [3.8, 4) is 10.8 Å². The van der Waals surface area contributed by atoms with E-state index in [-0.39, 0.29) is 0 Å². The number of rotatable bonds is 4. The van der Waals surface area contributed by atoms with Crippen molar-refractivity contribution in [2.24, 2.45) is 0 Å². The number of hydrogen-bond acceptors (Lipinski definition) is 5. The number of aryl methyl sites for hydroxylation is 3. The maximum absolute atomic E-state index is 5.26. The Morgan fingerprint density at radius 3 is 2.74 bits per heavy atom. The van der Waals surface area contributed by atoms with Gasteiger partial charge in [-0.25, -0.2) is 4.98 Å². The molecule has 2 heterocycles. The first-order valence-corrected chi connectivity index (χ1v) is 6.92. The third-order valence-electron chi connectivity index (χ3n) is 2.78. The van der Waals surface area contributed by atoms with E-state index in [2.05, 4.69) is 27.3 Å². The molecule has 0 unspecified atom stereocenters. The van der Waals surface area contributed by atoms with Crippen LogP contribution in [-0.4, -0.2) is 15.1 Å². The number of hydrogen-bond donors (Lipinski definition) is 0. The summed E-state index contributed by atoms with van der Waals surface area (Å²) in [6.07, 6.45) is 3.47. The first-order chi connectivity index (χ1) is 9.31. The van der Waals surface area contributed by atoms with Crippen LogP contribution in [0.5, 0.6) is 0 Å². The summed E-state index contributed by atoms with van der Waals surface area (Å²) in [6.45, 7) is 1.96. The Kier molecular flexibility index (Phi) is 3.37. The maximum Gasteiger partial charge on any atom is 0.269 e. The van der Waals surface area contributed by atoms with Crippen LogP contribution >= 0.6 is 11.3 Å². The minimum Gasteiger partial charge on any atom is -0.333 e. The first-order valence-electron chi connectivity index (χ1n) is 6.10. The van der Waals surface area contributed by atoms with Gasteiger partial charge in [-0.3, -0.25) is 0 Å². The highest BCUT2D eigenvalue weighted by molar-refractivity contribution is 7.14. The molecule has 1 aromatic carbocycles. The summed E-state index contributed by atoms with van der Waals surface area (Å²) >= 11 is 1.56. The van der Waals surface area contributed by atoms with Crippen LogP contribution in [0.25, 0.3) is 10.8 Å². The average molecular weight is 271 g/mol. The monoisotopic (exact) mass is 271 g/mol. The fourth-order valence-electron chi connectivity index (χ4n) is 1.82. The van der Waals surface area contributed by atoms with Gasteiger partial charge in [0.05, 0.1) is 11.2 Å². The van der Waals surface area contributed by atoms with Gasteiger partial charge in [-0.2, -0.15) is 4.98 Å². The van der Waals surface area contributed by atoms with Crippen molar-refractivity contribution in [3.05, 3.63) is 52.9 Å². The Hall–Kier alpha value is -2.01. The summed E-state index contributed by atoms with van der Waals surface area (Å²) < 4.78 is 5.26. The molecule has 0 bridgehead atoms. The largest absolute Gasteiger partial charge is 0.333 e. The second-order valence-electron chi connectivity index (χ2n) is 4.24. The molecule has 3 aromatic rings. The fraction of sp³-hybridized carbons (Fsp3) is 0.214. The van der Waals surface area contributed by atoms with E-state index < -0.39 is 0 Å².